The zero-order valence-corrected chi connectivity index (χ0v) is 18.4. The molecule has 0 fully saturated rings. The van der Waals surface area contributed by atoms with Crippen LogP contribution in [0, 0.1) is 11.3 Å². The number of nitriles is 1. The van der Waals surface area contributed by atoms with Gasteiger partial charge in [-0.3, -0.25) is 0 Å². The zero-order valence-electron chi connectivity index (χ0n) is 16.1. The summed E-state index contributed by atoms with van der Waals surface area (Å²) in [5.41, 5.74) is 3.67. The number of nitrogens with zero attached hydrogens (tertiary/aromatic N) is 2. The van der Waals surface area contributed by atoms with Crippen LogP contribution in [0.5, 0.6) is 0 Å². The van der Waals surface area contributed by atoms with Crippen LogP contribution in [0.4, 0.5) is 0 Å². The molecule has 0 aliphatic heterocycles. The Morgan fingerprint density at radius 1 is 0.933 bits per heavy atom. The summed E-state index contributed by atoms with van der Waals surface area (Å²) in [6.45, 7) is 0.866. The average Bonchev–Trinajstić information content (AvgIpc) is 3.12. The molecule has 0 unspecified atom stereocenters. The molecule has 0 bridgehead atoms. The molecule has 0 N–H and O–H groups in total. The van der Waals surface area contributed by atoms with Crippen molar-refractivity contribution in [1.29, 1.82) is 5.26 Å². The first-order valence-electron chi connectivity index (χ1n) is 9.48. The van der Waals surface area contributed by atoms with Crippen molar-refractivity contribution in [2.75, 3.05) is 5.75 Å². The van der Waals surface area contributed by atoms with Gasteiger partial charge in [0.25, 0.3) is 0 Å². The third-order valence-electron chi connectivity index (χ3n) is 4.81. The van der Waals surface area contributed by atoms with E-state index < -0.39 is 0 Å². The van der Waals surface area contributed by atoms with Crippen LogP contribution >= 0.6 is 35.0 Å². The molecule has 0 saturated heterocycles. The van der Waals surface area contributed by atoms with Crippen LogP contribution in [0.15, 0.2) is 83.9 Å². The summed E-state index contributed by atoms with van der Waals surface area (Å²) in [7, 11) is 0. The van der Waals surface area contributed by atoms with Crippen LogP contribution < -0.4 is 0 Å². The summed E-state index contributed by atoms with van der Waals surface area (Å²) >= 11 is 13.8. The number of thioether (sulfide) groups is 1. The number of aromatic nitrogens is 1. The second-order valence-corrected chi connectivity index (χ2v) is 8.82. The van der Waals surface area contributed by atoms with Gasteiger partial charge in [0, 0.05) is 49.9 Å². The van der Waals surface area contributed by atoms with E-state index in [1.165, 1.54) is 4.90 Å². The van der Waals surface area contributed by atoms with E-state index in [0.717, 1.165) is 39.4 Å². The molecule has 5 heteroatoms. The van der Waals surface area contributed by atoms with E-state index in [0.29, 0.717) is 10.6 Å². The van der Waals surface area contributed by atoms with Gasteiger partial charge in [-0.2, -0.15) is 5.26 Å². The molecule has 0 saturated carbocycles. The fraction of sp³-hybridized carbons (Fsp3) is 0.0800. The van der Waals surface area contributed by atoms with Crippen molar-refractivity contribution < 1.29 is 0 Å². The lowest BCUT2D eigenvalue weighted by atomic mass is 10.0. The number of para-hydroxylation sites is 1. The van der Waals surface area contributed by atoms with Gasteiger partial charge in [-0.1, -0.05) is 53.5 Å². The first-order valence-corrected chi connectivity index (χ1v) is 11.2. The van der Waals surface area contributed by atoms with Crippen LogP contribution in [0.3, 0.4) is 0 Å². The predicted octanol–water partition coefficient (Wildman–Crippen LogP) is 7.80. The Balaban J connectivity index is 1.60. The third kappa shape index (κ3) is 4.74. The van der Waals surface area contributed by atoms with E-state index in [-0.39, 0.29) is 0 Å². The lowest BCUT2D eigenvalue weighted by molar-refractivity contribution is 0.807. The molecule has 0 amide bonds. The van der Waals surface area contributed by atoms with Gasteiger partial charge in [-0.25, -0.2) is 0 Å². The van der Waals surface area contributed by atoms with E-state index >= 15 is 0 Å². The number of rotatable bonds is 6. The molecule has 1 aromatic heterocycles. The average molecular weight is 449 g/mol. The molecule has 3 aromatic carbocycles. The maximum Gasteiger partial charge on any atom is 0.0998 e. The van der Waals surface area contributed by atoms with Crippen molar-refractivity contribution in [3.8, 4) is 6.07 Å². The number of aryl methyl sites for hydroxylation is 1. The first-order chi connectivity index (χ1) is 14.6. The molecule has 4 rings (SSSR count). The van der Waals surface area contributed by atoms with Gasteiger partial charge in [0.2, 0.25) is 0 Å². The van der Waals surface area contributed by atoms with Gasteiger partial charge in [0.15, 0.2) is 0 Å². The van der Waals surface area contributed by atoms with Crippen molar-refractivity contribution in [2.24, 2.45) is 0 Å². The van der Waals surface area contributed by atoms with Crippen molar-refractivity contribution in [2.45, 2.75) is 11.4 Å². The largest absolute Gasteiger partial charge is 0.346 e. The number of fused-ring (bicyclic) bond motifs is 1. The van der Waals surface area contributed by atoms with E-state index in [1.54, 1.807) is 23.9 Å². The predicted molar refractivity (Wildman–Crippen MR) is 129 cm³/mol. The van der Waals surface area contributed by atoms with Crippen LogP contribution in [-0.2, 0) is 6.54 Å². The smallest absolute Gasteiger partial charge is 0.0998 e. The Morgan fingerprint density at radius 3 is 2.30 bits per heavy atom. The molecule has 0 atom stereocenters. The summed E-state index contributed by atoms with van der Waals surface area (Å²) in [4.78, 5) is 1.20. The Bertz CT molecular complexity index is 1230. The number of hydrogen-bond acceptors (Lipinski definition) is 2. The summed E-state index contributed by atoms with van der Waals surface area (Å²) < 4.78 is 2.25. The standard InChI is InChI=1S/C25H18Cl2N2S/c26-21-7-5-18(6-8-21)19(16-28)15-20-17-29(25-4-2-1-3-24(20)25)13-14-30-23-11-9-22(27)10-12-23/h1-12,15,17H,13-14H2/b19-15-. The van der Waals surface area contributed by atoms with Crippen LogP contribution in [-0.4, -0.2) is 10.3 Å². The second-order valence-electron chi connectivity index (χ2n) is 6.77. The Kier molecular flexibility index (Phi) is 6.50. The zero-order chi connectivity index (χ0) is 20.9. The molecule has 0 radical (unpaired) electrons. The molecule has 0 aliphatic carbocycles. The molecule has 0 aliphatic rings. The molecule has 0 spiro atoms. The summed E-state index contributed by atoms with van der Waals surface area (Å²) in [6.07, 6.45) is 4.08. The fourth-order valence-electron chi connectivity index (χ4n) is 3.33. The molecule has 148 valence electrons. The van der Waals surface area contributed by atoms with Crippen LogP contribution in [0.2, 0.25) is 10.0 Å². The first kappa shape index (κ1) is 20.6. The SMILES string of the molecule is N#C/C(=C/c1cn(CCSc2ccc(Cl)cc2)c2ccccc12)c1ccc(Cl)cc1. The van der Waals surface area contributed by atoms with Crippen molar-refractivity contribution in [1.82, 2.24) is 4.57 Å². The highest BCUT2D eigenvalue weighted by atomic mass is 35.5. The van der Waals surface area contributed by atoms with Gasteiger partial charge in [-0.15, -0.1) is 11.8 Å². The molecular formula is C25H18Cl2N2S. The highest BCUT2D eigenvalue weighted by molar-refractivity contribution is 7.99. The Morgan fingerprint density at radius 2 is 1.60 bits per heavy atom. The molecule has 1 heterocycles. The van der Waals surface area contributed by atoms with Crippen molar-refractivity contribution in [3.63, 3.8) is 0 Å². The lowest BCUT2D eigenvalue weighted by Crippen LogP contribution is -1.98. The van der Waals surface area contributed by atoms with Crippen molar-refractivity contribution >= 4 is 57.5 Å². The van der Waals surface area contributed by atoms with Gasteiger partial charge in [0.1, 0.15) is 0 Å². The van der Waals surface area contributed by atoms with E-state index in [4.69, 9.17) is 23.2 Å². The highest BCUT2D eigenvalue weighted by Crippen LogP contribution is 2.28. The lowest BCUT2D eigenvalue weighted by Gasteiger charge is -2.05. The Labute approximate surface area is 190 Å². The number of hydrogen-bond donors (Lipinski definition) is 0. The van der Waals surface area contributed by atoms with Crippen LogP contribution in [0.1, 0.15) is 11.1 Å². The summed E-state index contributed by atoms with van der Waals surface area (Å²) in [5.74, 6) is 0.936. The Hall–Kier alpha value is -2.64. The fourth-order valence-corrected chi connectivity index (χ4v) is 4.44. The monoisotopic (exact) mass is 448 g/mol. The second kappa shape index (κ2) is 9.45. The third-order valence-corrected chi connectivity index (χ3v) is 6.31. The minimum absolute atomic E-state index is 0.616. The summed E-state index contributed by atoms with van der Waals surface area (Å²) in [6, 6.07) is 25.9. The summed E-state index contributed by atoms with van der Waals surface area (Å²) in [5, 5.41) is 12.2. The maximum atomic E-state index is 9.71. The minimum Gasteiger partial charge on any atom is -0.346 e. The number of benzene rings is 3. The van der Waals surface area contributed by atoms with E-state index in [9.17, 15) is 5.26 Å². The number of halogens is 2. The molecule has 4 aromatic rings. The van der Waals surface area contributed by atoms with Gasteiger partial charge >= 0.3 is 0 Å². The number of allylic oxidation sites excluding steroid dienone is 1. The van der Waals surface area contributed by atoms with E-state index in [1.807, 2.05) is 54.6 Å². The normalized spacial score (nSPS) is 11.6. The molecule has 2 nitrogen and oxygen atoms in total. The quantitative estimate of drug-likeness (QED) is 0.222. The van der Waals surface area contributed by atoms with Crippen molar-refractivity contribution in [3.05, 3.63) is 100 Å². The van der Waals surface area contributed by atoms with Gasteiger partial charge in [0.05, 0.1) is 11.6 Å². The molecule has 30 heavy (non-hydrogen) atoms. The maximum absolute atomic E-state index is 9.71. The highest BCUT2D eigenvalue weighted by Gasteiger charge is 2.09. The molecular weight excluding hydrogens is 431 g/mol. The minimum atomic E-state index is 0.616. The van der Waals surface area contributed by atoms with E-state index in [2.05, 4.69) is 29.0 Å². The topological polar surface area (TPSA) is 28.7 Å². The van der Waals surface area contributed by atoms with Gasteiger partial charge < -0.3 is 4.57 Å². The van der Waals surface area contributed by atoms with Crippen LogP contribution in [0.25, 0.3) is 22.6 Å². The van der Waals surface area contributed by atoms with Gasteiger partial charge in [-0.05, 0) is 54.1 Å².